The van der Waals surface area contributed by atoms with Gasteiger partial charge in [0.2, 0.25) is 5.88 Å². The van der Waals surface area contributed by atoms with Crippen molar-refractivity contribution in [3.05, 3.63) is 47.7 Å². The number of methoxy groups -OCH3 is 1. The molecule has 3 heterocycles. The summed E-state index contributed by atoms with van der Waals surface area (Å²) in [4.78, 5) is 24.3. The van der Waals surface area contributed by atoms with Crippen LogP contribution in [0.15, 0.2) is 36.4 Å². The van der Waals surface area contributed by atoms with E-state index in [1.165, 1.54) is 11.3 Å². The number of hydrogen-bond donors (Lipinski definition) is 1. The summed E-state index contributed by atoms with van der Waals surface area (Å²) in [5.41, 5.74) is 3.61. The molecular weight excluding hydrogens is 446 g/mol. The zero-order valence-electron chi connectivity index (χ0n) is 17.6. The van der Waals surface area contributed by atoms with E-state index in [0.29, 0.717) is 46.9 Å². The van der Waals surface area contributed by atoms with Crippen molar-refractivity contribution in [1.82, 2.24) is 14.9 Å². The van der Waals surface area contributed by atoms with E-state index in [-0.39, 0.29) is 6.03 Å². The van der Waals surface area contributed by atoms with Crippen LogP contribution in [0.2, 0.25) is 0 Å². The lowest BCUT2D eigenvalue weighted by Gasteiger charge is -2.25. The Kier molecular flexibility index (Phi) is 6.48. The zero-order chi connectivity index (χ0) is 22.7. The minimum atomic E-state index is -0.861. The average molecular weight is 468 g/mol. The number of amides is 2. The van der Waals surface area contributed by atoms with Crippen LogP contribution >= 0.6 is 11.3 Å². The highest BCUT2D eigenvalue weighted by Crippen LogP contribution is 2.40. The van der Waals surface area contributed by atoms with Crippen LogP contribution in [0.3, 0.4) is 0 Å². The Morgan fingerprint density at radius 2 is 2.00 bits per heavy atom. The number of nitrogens with zero attached hydrogens (tertiary/aromatic N) is 4. The number of urea groups is 1. The molecule has 0 atom stereocenters. The van der Waals surface area contributed by atoms with Gasteiger partial charge in [0, 0.05) is 58.3 Å². The van der Waals surface area contributed by atoms with Crippen molar-refractivity contribution in [3.8, 4) is 33.6 Å². The molecule has 0 unspecified atom stereocenters. The molecule has 2 aromatic heterocycles. The van der Waals surface area contributed by atoms with Crippen molar-refractivity contribution in [2.24, 2.45) is 0 Å². The first-order valence-corrected chi connectivity index (χ1v) is 12.2. The minimum Gasteiger partial charge on any atom is -0.481 e. The number of rotatable bonds is 4. The number of hydrogen-bond acceptors (Lipinski definition) is 7. The molecular formula is C22H21N5O3S2. The molecule has 164 valence electrons. The highest BCUT2D eigenvalue weighted by molar-refractivity contribution is 7.85. The Balaban J connectivity index is 1.73. The van der Waals surface area contributed by atoms with Gasteiger partial charge in [-0.25, -0.2) is 14.8 Å². The quantitative estimate of drug-likeness (QED) is 0.627. The van der Waals surface area contributed by atoms with Gasteiger partial charge in [-0.15, -0.1) is 0 Å². The SMILES string of the molecule is COc1cc(-c2sc(NC(=O)N3CCS(=O)CC3)nc2-c2cccc(C#N)c2)cc(C)n1. The predicted molar refractivity (Wildman–Crippen MR) is 125 cm³/mol. The van der Waals surface area contributed by atoms with Gasteiger partial charge in [0.1, 0.15) is 0 Å². The molecule has 1 N–H and O–H groups in total. The van der Waals surface area contributed by atoms with Crippen LogP contribution in [0, 0.1) is 18.3 Å². The Morgan fingerprint density at radius 1 is 1.22 bits per heavy atom. The van der Waals surface area contributed by atoms with Gasteiger partial charge in [-0.05, 0) is 25.1 Å². The van der Waals surface area contributed by atoms with Crippen LogP contribution in [-0.2, 0) is 10.8 Å². The predicted octanol–water partition coefficient (Wildman–Crippen LogP) is 3.66. The number of carbonyl (C=O) groups is 1. The number of nitriles is 1. The van der Waals surface area contributed by atoms with Crippen molar-refractivity contribution in [2.75, 3.05) is 37.0 Å². The second kappa shape index (κ2) is 9.46. The maximum absolute atomic E-state index is 12.7. The highest BCUT2D eigenvalue weighted by Gasteiger charge is 2.23. The third-order valence-corrected chi connectivity index (χ3v) is 7.27. The number of aromatic nitrogens is 2. The summed E-state index contributed by atoms with van der Waals surface area (Å²) in [6.07, 6.45) is 0. The molecule has 2 amide bonds. The van der Waals surface area contributed by atoms with Gasteiger partial charge in [-0.1, -0.05) is 23.5 Å². The van der Waals surface area contributed by atoms with E-state index in [0.717, 1.165) is 21.7 Å². The van der Waals surface area contributed by atoms with Gasteiger partial charge in [-0.3, -0.25) is 9.53 Å². The summed E-state index contributed by atoms with van der Waals surface area (Å²) in [7, 11) is 0.701. The number of pyridine rings is 1. The molecule has 8 nitrogen and oxygen atoms in total. The van der Waals surface area contributed by atoms with E-state index >= 15 is 0 Å². The number of ether oxygens (including phenoxy) is 1. The number of nitrogens with one attached hydrogen (secondary N) is 1. The molecule has 1 fully saturated rings. The number of thiazole rings is 1. The fourth-order valence-electron chi connectivity index (χ4n) is 3.39. The maximum atomic E-state index is 12.7. The Morgan fingerprint density at radius 3 is 2.72 bits per heavy atom. The molecule has 1 saturated heterocycles. The lowest BCUT2D eigenvalue weighted by molar-refractivity contribution is 0.216. The lowest BCUT2D eigenvalue weighted by Crippen LogP contribution is -2.43. The molecule has 0 bridgehead atoms. The van der Waals surface area contributed by atoms with E-state index in [2.05, 4.69) is 16.4 Å². The molecule has 0 saturated carbocycles. The van der Waals surface area contributed by atoms with Gasteiger partial charge in [0.05, 0.1) is 29.3 Å². The molecule has 1 aliphatic heterocycles. The standard InChI is InChI=1S/C22H21N5O3S2/c1-14-10-17(12-18(24-14)30-2)20-19(16-5-3-4-15(11-16)13-23)25-21(31-20)26-22(28)27-6-8-32(29)9-7-27/h3-5,10-12H,6-9H2,1-2H3,(H,25,26,28). The van der Waals surface area contributed by atoms with E-state index in [9.17, 15) is 14.3 Å². The first-order chi connectivity index (χ1) is 15.5. The summed E-state index contributed by atoms with van der Waals surface area (Å²) in [5.74, 6) is 1.45. The topological polar surface area (TPSA) is 108 Å². The van der Waals surface area contributed by atoms with Crippen LogP contribution in [-0.4, -0.2) is 56.8 Å². The average Bonchev–Trinajstić information content (AvgIpc) is 3.23. The largest absolute Gasteiger partial charge is 0.481 e. The Hall–Kier alpha value is -3.29. The van der Waals surface area contributed by atoms with Gasteiger partial charge < -0.3 is 9.64 Å². The number of anilines is 1. The van der Waals surface area contributed by atoms with E-state index in [1.54, 1.807) is 24.1 Å². The van der Waals surface area contributed by atoms with E-state index in [1.807, 2.05) is 31.2 Å². The molecule has 0 radical (unpaired) electrons. The van der Waals surface area contributed by atoms with Crippen molar-refractivity contribution in [3.63, 3.8) is 0 Å². The summed E-state index contributed by atoms with van der Waals surface area (Å²) < 4.78 is 16.9. The maximum Gasteiger partial charge on any atom is 0.323 e. The van der Waals surface area contributed by atoms with Crippen molar-refractivity contribution < 1.29 is 13.7 Å². The third-order valence-electron chi connectivity index (χ3n) is 4.97. The number of aryl methyl sites for hydroxylation is 1. The van der Waals surface area contributed by atoms with E-state index < -0.39 is 10.8 Å². The Bertz CT molecular complexity index is 1220. The molecule has 0 spiro atoms. The van der Waals surface area contributed by atoms with Crippen LogP contribution in [0.5, 0.6) is 5.88 Å². The molecule has 32 heavy (non-hydrogen) atoms. The molecule has 1 aliphatic rings. The van der Waals surface area contributed by atoms with Crippen molar-refractivity contribution in [1.29, 1.82) is 5.26 Å². The summed E-state index contributed by atoms with van der Waals surface area (Å²) >= 11 is 1.35. The fourth-order valence-corrected chi connectivity index (χ4v) is 5.40. The smallest absolute Gasteiger partial charge is 0.323 e. The second-order valence-corrected chi connectivity index (χ2v) is 9.89. The van der Waals surface area contributed by atoms with Crippen LogP contribution in [0.4, 0.5) is 9.93 Å². The van der Waals surface area contributed by atoms with Crippen LogP contribution < -0.4 is 10.1 Å². The lowest BCUT2D eigenvalue weighted by atomic mass is 10.0. The summed E-state index contributed by atoms with van der Waals surface area (Å²) in [6, 6.07) is 12.8. The fraction of sp³-hybridized carbons (Fsp3) is 0.273. The molecule has 4 rings (SSSR count). The van der Waals surface area contributed by atoms with Crippen LogP contribution in [0.25, 0.3) is 21.7 Å². The van der Waals surface area contributed by atoms with Gasteiger partial charge >= 0.3 is 6.03 Å². The summed E-state index contributed by atoms with van der Waals surface area (Å²) in [5, 5.41) is 12.6. The van der Waals surface area contributed by atoms with Gasteiger partial charge in [-0.2, -0.15) is 5.26 Å². The number of benzene rings is 1. The van der Waals surface area contributed by atoms with Crippen molar-refractivity contribution in [2.45, 2.75) is 6.92 Å². The minimum absolute atomic E-state index is 0.261. The third kappa shape index (κ3) is 4.79. The normalized spacial score (nSPS) is 14.1. The highest BCUT2D eigenvalue weighted by atomic mass is 32.2. The number of carbonyl (C=O) groups excluding carboxylic acids is 1. The second-order valence-electron chi connectivity index (χ2n) is 7.19. The first-order valence-electron chi connectivity index (χ1n) is 9.92. The molecule has 3 aromatic rings. The Labute approximate surface area is 192 Å². The zero-order valence-corrected chi connectivity index (χ0v) is 19.3. The molecule has 0 aliphatic carbocycles. The monoisotopic (exact) mass is 467 g/mol. The summed E-state index contributed by atoms with van der Waals surface area (Å²) in [6.45, 7) is 2.79. The first kappa shape index (κ1) is 21.9. The molecule has 10 heteroatoms. The molecule has 1 aromatic carbocycles. The van der Waals surface area contributed by atoms with Gasteiger partial charge in [0.25, 0.3) is 0 Å². The van der Waals surface area contributed by atoms with E-state index in [4.69, 9.17) is 9.72 Å². The van der Waals surface area contributed by atoms with Gasteiger partial charge in [0.15, 0.2) is 5.13 Å². The van der Waals surface area contributed by atoms with Crippen molar-refractivity contribution >= 4 is 33.3 Å². The van der Waals surface area contributed by atoms with Crippen LogP contribution in [0.1, 0.15) is 11.3 Å².